The van der Waals surface area contributed by atoms with Crippen LogP contribution in [0.4, 0.5) is 0 Å². The maximum Gasteiger partial charge on any atom is 0.338 e. The molecule has 0 aromatic heterocycles. The maximum absolute atomic E-state index is 12.4. The molecule has 22 heavy (non-hydrogen) atoms. The van der Waals surface area contributed by atoms with Crippen LogP contribution < -0.4 is 0 Å². The van der Waals surface area contributed by atoms with E-state index in [1.165, 1.54) is 7.11 Å². The smallest absolute Gasteiger partial charge is 0.338 e. The Morgan fingerprint density at radius 3 is 2.41 bits per heavy atom. The molecule has 1 aromatic rings. The number of ether oxygens (including phenoxy) is 2. The van der Waals surface area contributed by atoms with Crippen molar-refractivity contribution >= 4 is 11.9 Å². The molecule has 112 valence electrons. The van der Waals surface area contributed by atoms with E-state index in [4.69, 9.17) is 9.47 Å². The van der Waals surface area contributed by atoms with Gasteiger partial charge in [0, 0.05) is 11.8 Å². The summed E-state index contributed by atoms with van der Waals surface area (Å²) in [6.45, 7) is 0. The summed E-state index contributed by atoms with van der Waals surface area (Å²) >= 11 is 0. The van der Waals surface area contributed by atoms with Crippen LogP contribution in [0.15, 0.2) is 30.3 Å². The summed E-state index contributed by atoms with van der Waals surface area (Å²) in [6, 6.07) is 9.21. The summed E-state index contributed by atoms with van der Waals surface area (Å²) < 4.78 is 11.1. The second kappa shape index (κ2) is 3.10. The van der Waals surface area contributed by atoms with Crippen LogP contribution in [0.2, 0.25) is 0 Å². The summed E-state index contributed by atoms with van der Waals surface area (Å²) in [4.78, 5) is 24.6. The zero-order valence-corrected chi connectivity index (χ0v) is 12.2. The number of benzene rings is 1. The predicted octanol–water partition coefficient (Wildman–Crippen LogP) is 1.90. The monoisotopic (exact) mass is 296 g/mol. The molecule has 4 nitrogen and oxygen atoms in total. The van der Waals surface area contributed by atoms with Crippen molar-refractivity contribution in [1.29, 1.82) is 0 Å². The van der Waals surface area contributed by atoms with E-state index in [1.54, 1.807) is 12.1 Å². The summed E-state index contributed by atoms with van der Waals surface area (Å²) in [5.74, 6) is 2.47. The molecule has 8 atom stereocenters. The van der Waals surface area contributed by atoms with Crippen molar-refractivity contribution in [2.24, 2.45) is 40.9 Å². The van der Waals surface area contributed by atoms with Crippen LogP contribution in [0, 0.1) is 40.9 Å². The van der Waals surface area contributed by atoms with Crippen molar-refractivity contribution in [3.63, 3.8) is 0 Å². The topological polar surface area (TPSA) is 52.6 Å². The standard InChI is InChI=1S/C18H16O4/c1-21-16(20)18-11-9-7-17(10(9)13(18)14(18)12(11)17)22-15(19)8-5-3-2-4-6-8/h2-6,9-14H,7H2,1H3. The normalized spacial score (nSPS) is 53.3. The molecule has 6 aliphatic carbocycles. The molecule has 6 saturated carbocycles. The highest BCUT2D eigenvalue weighted by Crippen LogP contribution is 3.01. The Morgan fingerprint density at radius 1 is 1.05 bits per heavy atom. The van der Waals surface area contributed by atoms with Gasteiger partial charge in [0.2, 0.25) is 0 Å². The average molecular weight is 296 g/mol. The van der Waals surface area contributed by atoms with E-state index < -0.39 is 0 Å². The second-order valence-corrected chi connectivity index (χ2v) is 7.63. The Labute approximate surface area is 127 Å². The summed E-state index contributed by atoms with van der Waals surface area (Å²) in [5.41, 5.74) is 0.193. The molecular weight excluding hydrogens is 280 g/mol. The van der Waals surface area contributed by atoms with Gasteiger partial charge in [-0.2, -0.15) is 0 Å². The van der Waals surface area contributed by atoms with Crippen molar-refractivity contribution in [1.82, 2.24) is 0 Å². The van der Waals surface area contributed by atoms with E-state index in [0.29, 0.717) is 41.1 Å². The van der Waals surface area contributed by atoms with Gasteiger partial charge in [-0.25, -0.2) is 4.79 Å². The van der Waals surface area contributed by atoms with Crippen LogP contribution in [0.3, 0.4) is 0 Å². The molecule has 0 spiro atoms. The van der Waals surface area contributed by atoms with Crippen LogP contribution in [-0.2, 0) is 14.3 Å². The maximum atomic E-state index is 12.4. The molecule has 4 heteroatoms. The van der Waals surface area contributed by atoms with E-state index >= 15 is 0 Å². The SMILES string of the molecule is COC(=O)C12C3C4CC5(OC(=O)c6ccccc6)C4C1C2C35. The van der Waals surface area contributed by atoms with Gasteiger partial charge in [0.15, 0.2) is 0 Å². The van der Waals surface area contributed by atoms with Crippen molar-refractivity contribution in [3.05, 3.63) is 35.9 Å². The van der Waals surface area contributed by atoms with Crippen molar-refractivity contribution in [3.8, 4) is 0 Å². The fourth-order valence-corrected chi connectivity index (χ4v) is 7.26. The average Bonchev–Trinajstić information content (AvgIpc) is 2.70. The fraction of sp³-hybridized carbons (Fsp3) is 0.556. The van der Waals surface area contributed by atoms with Crippen LogP contribution in [0.1, 0.15) is 16.8 Å². The minimum atomic E-state index is -0.257. The Hall–Kier alpha value is -1.84. The highest BCUT2D eigenvalue weighted by atomic mass is 16.6. The van der Waals surface area contributed by atoms with E-state index in [-0.39, 0.29) is 23.0 Å². The van der Waals surface area contributed by atoms with Gasteiger partial charge in [-0.15, -0.1) is 0 Å². The first-order chi connectivity index (χ1) is 10.7. The van der Waals surface area contributed by atoms with Crippen molar-refractivity contribution < 1.29 is 19.1 Å². The molecule has 0 radical (unpaired) electrons. The lowest BCUT2D eigenvalue weighted by molar-refractivity contribution is -0.163. The molecule has 0 N–H and O–H groups in total. The van der Waals surface area contributed by atoms with Crippen LogP contribution >= 0.6 is 0 Å². The van der Waals surface area contributed by atoms with Crippen molar-refractivity contribution in [2.75, 3.05) is 7.11 Å². The third-order valence-corrected chi connectivity index (χ3v) is 7.53. The third-order valence-electron chi connectivity index (χ3n) is 7.53. The summed E-state index contributed by atoms with van der Waals surface area (Å²) in [6.07, 6.45) is 0.956. The zero-order chi connectivity index (χ0) is 14.9. The molecule has 6 fully saturated rings. The molecular formula is C18H16O4. The number of hydrogen-bond acceptors (Lipinski definition) is 4. The van der Waals surface area contributed by atoms with E-state index in [2.05, 4.69) is 0 Å². The molecule has 0 amide bonds. The highest BCUT2D eigenvalue weighted by molar-refractivity contribution is 5.91. The molecule has 8 unspecified atom stereocenters. The van der Waals surface area contributed by atoms with Gasteiger partial charge in [0.1, 0.15) is 5.60 Å². The molecule has 5 bridgehead atoms. The fourth-order valence-electron chi connectivity index (χ4n) is 7.26. The van der Waals surface area contributed by atoms with Crippen molar-refractivity contribution in [2.45, 2.75) is 12.0 Å². The minimum absolute atomic E-state index is 0.0128. The van der Waals surface area contributed by atoms with Gasteiger partial charge in [-0.05, 0) is 42.2 Å². The molecule has 0 heterocycles. The Morgan fingerprint density at radius 2 is 1.77 bits per heavy atom. The van der Waals surface area contributed by atoms with Crippen LogP contribution in [0.5, 0.6) is 0 Å². The lowest BCUT2D eigenvalue weighted by Gasteiger charge is -2.47. The lowest BCUT2D eigenvalue weighted by atomic mass is 9.64. The minimum Gasteiger partial charge on any atom is -0.469 e. The Balaban J connectivity index is 1.31. The zero-order valence-electron chi connectivity index (χ0n) is 12.2. The number of rotatable bonds is 3. The lowest BCUT2D eigenvalue weighted by Crippen LogP contribution is -2.54. The molecule has 0 aliphatic heterocycles. The Bertz CT molecular complexity index is 739. The van der Waals surface area contributed by atoms with Gasteiger partial charge in [0.25, 0.3) is 0 Å². The highest BCUT2D eigenvalue weighted by Gasteiger charge is 3.06. The quantitative estimate of drug-likeness (QED) is 0.799. The molecule has 0 saturated heterocycles. The van der Waals surface area contributed by atoms with E-state index in [1.807, 2.05) is 18.2 Å². The predicted molar refractivity (Wildman–Crippen MR) is 74.6 cm³/mol. The first-order valence-corrected chi connectivity index (χ1v) is 8.04. The van der Waals surface area contributed by atoms with Gasteiger partial charge < -0.3 is 9.47 Å². The largest absolute Gasteiger partial charge is 0.469 e. The van der Waals surface area contributed by atoms with Gasteiger partial charge in [0.05, 0.1) is 18.1 Å². The molecule has 6 aliphatic rings. The number of carbonyl (C=O) groups is 2. The van der Waals surface area contributed by atoms with Gasteiger partial charge in [-0.3, -0.25) is 4.79 Å². The first kappa shape index (κ1) is 11.7. The Kier molecular flexibility index (Phi) is 1.65. The third kappa shape index (κ3) is 0.832. The summed E-state index contributed by atoms with van der Waals surface area (Å²) in [7, 11) is 1.49. The van der Waals surface area contributed by atoms with E-state index in [0.717, 1.165) is 6.42 Å². The number of esters is 2. The molecule has 1 aromatic carbocycles. The second-order valence-electron chi connectivity index (χ2n) is 7.63. The van der Waals surface area contributed by atoms with E-state index in [9.17, 15) is 9.59 Å². The van der Waals surface area contributed by atoms with Crippen LogP contribution in [0.25, 0.3) is 0 Å². The van der Waals surface area contributed by atoms with Crippen LogP contribution in [-0.4, -0.2) is 24.6 Å². The summed E-state index contributed by atoms with van der Waals surface area (Å²) in [5, 5.41) is 0. The number of carbonyl (C=O) groups excluding carboxylic acids is 2. The van der Waals surface area contributed by atoms with Gasteiger partial charge >= 0.3 is 11.9 Å². The van der Waals surface area contributed by atoms with Gasteiger partial charge in [-0.1, -0.05) is 18.2 Å². The molecule has 7 rings (SSSR count). The number of methoxy groups -OCH3 is 1. The number of hydrogen-bond donors (Lipinski definition) is 0. The first-order valence-electron chi connectivity index (χ1n) is 8.04.